The fraction of sp³-hybridized carbons (Fsp3) is 0.400. The summed E-state index contributed by atoms with van der Waals surface area (Å²) in [4.78, 5) is 11.8. The lowest BCUT2D eigenvalue weighted by Gasteiger charge is -2.07. The SMILES string of the molecule is CCCNc1nnc(SCC(=O)NCCOc2ccccc2)s1. The number of rotatable bonds is 10. The molecule has 1 heterocycles. The minimum atomic E-state index is -0.0371. The van der Waals surface area contributed by atoms with Gasteiger partial charge in [0.2, 0.25) is 11.0 Å². The molecule has 0 aliphatic carbocycles. The zero-order chi connectivity index (χ0) is 16.3. The summed E-state index contributed by atoms with van der Waals surface area (Å²) >= 11 is 2.85. The van der Waals surface area contributed by atoms with Crippen molar-refractivity contribution in [2.75, 3.05) is 30.8 Å². The van der Waals surface area contributed by atoms with E-state index in [1.54, 1.807) is 0 Å². The number of ether oxygens (including phenoxy) is 1. The van der Waals surface area contributed by atoms with Gasteiger partial charge in [0.25, 0.3) is 0 Å². The van der Waals surface area contributed by atoms with Gasteiger partial charge >= 0.3 is 0 Å². The van der Waals surface area contributed by atoms with Crippen LogP contribution >= 0.6 is 23.1 Å². The fourth-order valence-corrected chi connectivity index (χ4v) is 3.23. The molecule has 124 valence electrons. The van der Waals surface area contributed by atoms with E-state index in [2.05, 4.69) is 27.8 Å². The van der Waals surface area contributed by atoms with Gasteiger partial charge in [0.15, 0.2) is 4.34 Å². The van der Waals surface area contributed by atoms with Gasteiger partial charge in [0, 0.05) is 6.54 Å². The minimum Gasteiger partial charge on any atom is -0.492 e. The van der Waals surface area contributed by atoms with Crippen LogP contribution in [0, 0.1) is 0 Å². The Morgan fingerprint density at radius 3 is 2.87 bits per heavy atom. The van der Waals surface area contributed by atoms with Gasteiger partial charge < -0.3 is 15.4 Å². The molecule has 0 bridgehead atoms. The molecular weight excluding hydrogens is 332 g/mol. The summed E-state index contributed by atoms with van der Waals surface area (Å²) in [5.41, 5.74) is 0. The first-order chi connectivity index (χ1) is 11.3. The lowest BCUT2D eigenvalue weighted by molar-refractivity contribution is -0.118. The van der Waals surface area contributed by atoms with Gasteiger partial charge in [-0.2, -0.15) is 0 Å². The molecule has 0 saturated carbocycles. The van der Waals surface area contributed by atoms with Crippen LogP contribution in [0.5, 0.6) is 5.75 Å². The molecule has 1 aromatic heterocycles. The summed E-state index contributed by atoms with van der Waals surface area (Å²) < 4.78 is 6.30. The molecular formula is C15H20N4O2S2. The van der Waals surface area contributed by atoms with Crippen molar-refractivity contribution in [2.45, 2.75) is 17.7 Å². The largest absolute Gasteiger partial charge is 0.492 e. The maximum Gasteiger partial charge on any atom is 0.230 e. The average molecular weight is 352 g/mol. The average Bonchev–Trinajstić information content (AvgIpc) is 3.04. The number of carbonyl (C=O) groups is 1. The van der Waals surface area contributed by atoms with Crippen LogP contribution < -0.4 is 15.4 Å². The van der Waals surface area contributed by atoms with Crippen molar-refractivity contribution < 1.29 is 9.53 Å². The minimum absolute atomic E-state index is 0.0371. The highest BCUT2D eigenvalue weighted by Crippen LogP contribution is 2.25. The third-order valence-electron chi connectivity index (χ3n) is 2.70. The molecule has 0 spiro atoms. The molecule has 1 aromatic carbocycles. The molecule has 0 fully saturated rings. The molecule has 0 aliphatic heterocycles. The number of nitrogens with one attached hydrogen (secondary N) is 2. The highest BCUT2D eigenvalue weighted by atomic mass is 32.2. The fourth-order valence-electron chi connectivity index (χ4n) is 1.63. The first-order valence-corrected chi connectivity index (χ1v) is 9.23. The molecule has 2 aromatic rings. The number of hydrogen-bond donors (Lipinski definition) is 2. The number of thioether (sulfide) groups is 1. The smallest absolute Gasteiger partial charge is 0.230 e. The van der Waals surface area contributed by atoms with Crippen LogP contribution in [-0.2, 0) is 4.79 Å². The monoisotopic (exact) mass is 352 g/mol. The first-order valence-electron chi connectivity index (χ1n) is 7.42. The van der Waals surface area contributed by atoms with Crippen molar-refractivity contribution in [1.82, 2.24) is 15.5 Å². The van der Waals surface area contributed by atoms with E-state index in [9.17, 15) is 4.79 Å². The van der Waals surface area contributed by atoms with Crippen LogP contribution in [-0.4, -0.2) is 41.6 Å². The second-order valence-electron chi connectivity index (χ2n) is 4.60. The Kier molecular flexibility index (Phi) is 7.68. The quantitative estimate of drug-likeness (QED) is 0.506. The van der Waals surface area contributed by atoms with E-state index >= 15 is 0 Å². The predicted octanol–water partition coefficient (Wildman–Crippen LogP) is 2.65. The van der Waals surface area contributed by atoms with Crippen LogP contribution in [0.3, 0.4) is 0 Å². The molecule has 8 heteroatoms. The lowest BCUT2D eigenvalue weighted by Crippen LogP contribution is -2.29. The normalized spacial score (nSPS) is 10.3. The van der Waals surface area contributed by atoms with Crippen LogP contribution in [0.4, 0.5) is 5.13 Å². The zero-order valence-electron chi connectivity index (χ0n) is 12.9. The highest BCUT2D eigenvalue weighted by Gasteiger charge is 2.07. The number of anilines is 1. The predicted molar refractivity (Wildman–Crippen MR) is 94.4 cm³/mol. The van der Waals surface area contributed by atoms with Crippen LogP contribution in [0.25, 0.3) is 0 Å². The number of carbonyl (C=O) groups excluding carboxylic acids is 1. The molecule has 23 heavy (non-hydrogen) atoms. The summed E-state index contributed by atoms with van der Waals surface area (Å²) in [5, 5.41) is 14.9. The van der Waals surface area contributed by atoms with E-state index in [-0.39, 0.29) is 5.91 Å². The molecule has 0 saturated heterocycles. The maximum atomic E-state index is 11.8. The Labute approximate surface area is 144 Å². The van der Waals surface area contributed by atoms with E-state index in [0.717, 1.165) is 28.2 Å². The third-order valence-corrected chi connectivity index (χ3v) is 4.71. The number of hydrogen-bond acceptors (Lipinski definition) is 7. The summed E-state index contributed by atoms with van der Waals surface area (Å²) in [5.74, 6) is 1.09. The van der Waals surface area contributed by atoms with E-state index in [1.165, 1.54) is 23.1 Å². The molecule has 0 aliphatic rings. The molecule has 1 amide bonds. The number of amides is 1. The Hall–Kier alpha value is -1.80. The number of benzene rings is 1. The van der Waals surface area contributed by atoms with Crippen LogP contribution in [0.15, 0.2) is 34.7 Å². The highest BCUT2D eigenvalue weighted by molar-refractivity contribution is 8.01. The van der Waals surface area contributed by atoms with Crippen molar-refractivity contribution in [1.29, 1.82) is 0 Å². The Morgan fingerprint density at radius 2 is 2.09 bits per heavy atom. The number of para-hydroxylation sites is 1. The summed E-state index contributed by atoms with van der Waals surface area (Å²) in [7, 11) is 0. The van der Waals surface area contributed by atoms with Crippen LogP contribution in [0.2, 0.25) is 0 Å². The van der Waals surface area contributed by atoms with Gasteiger partial charge in [-0.15, -0.1) is 10.2 Å². The van der Waals surface area contributed by atoms with Crippen molar-refractivity contribution in [3.05, 3.63) is 30.3 Å². The number of aromatic nitrogens is 2. The molecule has 0 unspecified atom stereocenters. The van der Waals surface area contributed by atoms with E-state index in [4.69, 9.17) is 4.74 Å². The van der Waals surface area contributed by atoms with Crippen molar-refractivity contribution in [2.24, 2.45) is 0 Å². The molecule has 2 rings (SSSR count). The third kappa shape index (κ3) is 6.87. The van der Waals surface area contributed by atoms with Gasteiger partial charge in [0.05, 0.1) is 12.3 Å². The van der Waals surface area contributed by atoms with Gasteiger partial charge in [-0.1, -0.05) is 48.2 Å². The van der Waals surface area contributed by atoms with Gasteiger partial charge in [-0.25, -0.2) is 0 Å². The van der Waals surface area contributed by atoms with Gasteiger partial charge in [-0.3, -0.25) is 4.79 Å². The Bertz CT molecular complexity index is 592. The second-order valence-corrected chi connectivity index (χ2v) is 6.80. The van der Waals surface area contributed by atoms with Crippen molar-refractivity contribution >= 4 is 34.1 Å². The Balaban J connectivity index is 1.58. The van der Waals surface area contributed by atoms with Gasteiger partial charge in [0.1, 0.15) is 12.4 Å². The summed E-state index contributed by atoms with van der Waals surface area (Å²) in [6, 6.07) is 9.53. The lowest BCUT2D eigenvalue weighted by atomic mass is 10.3. The Morgan fingerprint density at radius 1 is 1.26 bits per heavy atom. The van der Waals surface area contributed by atoms with Crippen molar-refractivity contribution in [3.63, 3.8) is 0 Å². The molecule has 0 radical (unpaired) electrons. The van der Waals surface area contributed by atoms with E-state index < -0.39 is 0 Å². The van der Waals surface area contributed by atoms with Gasteiger partial charge in [-0.05, 0) is 18.6 Å². The molecule has 6 nitrogen and oxygen atoms in total. The topological polar surface area (TPSA) is 76.1 Å². The summed E-state index contributed by atoms with van der Waals surface area (Å²) in [6.07, 6.45) is 1.04. The number of nitrogens with zero attached hydrogens (tertiary/aromatic N) is 2. The zero-order valence-corrected chi connectivity index (χ0v) is 14.6. The molecule has 0 atom stereocenters. The van der Waals surface area contributed by atoms with Crippen LogP contribution in [0.1, 0.15) is 13.3 Å². The van der Waals surface area contributed by atoms with E-state index in [1.807, 2.05) is 30.3 Å². The second kappa shape index (κ2) is 10.1. The molecule has 2 N–H and O–H groups in total. The first kappa shape index (κ1) is 17.6. The van der Waals surface area contributed by atoms with E-state index in [0.29, 0.717) is 18.9 Å². The summed E-state index contributed by atoms with van der Waals surface area (Å²) in [6.45, 7) is 3.90. The maximum absolute atomic E-state index is 11.8. The van der Waals surface area contributed by atoms with Crippen molar-refractivity contribution in [3.8, 4) is 5.75 Å². The standard InChI is InChI=1S/C15H20N4O2S2/c1-2-8-17-14-18-19-15(23-14)22-11-13(20)16-9-10-21-12-6-4-3-5-7-12/h3-7H,2,8-11H2,1H3,(H,16,20)(H,17,18).